The Balaban J connectivity index is 1.66. The molecular formula is C16H10Cl3N3O2S. The number of urea groups is 1. The van der Waals surface area contributed by atoms with Crippen molar-refractivity contribution in [2.45, 2.75) is 0 Å². The number of hydrogen-bond donors (Lipinski definition) is 3. The molecule has 0 aliphatic rings. The van der Waals surface area contributed by atoms with Gasteiger partial charge in [-0.05, 0) is 36.4 Å². The van der Waals surface area contributed by atoms with E-state index in [1.165, 1.54) is 11.3 Å². The molecule has 0 fully saturated rings. The number of amides is 3. The second-order valence-electron chi connectivity index (χ2n) is 4.90. The number of halogens is 3. The first-order valence-corrected chi connectivity index (χ1v) is 8.90. The molecule has 3 rings (SSSR count). The van der Waals surface area contributed by atoms with E-state index in [2.05, 4.69) is 16.2 Å². The first-order valence-electron chi connectivity index (χ1n) is 6.95. The quantitative estimate of drug-likeness (QED) is 0.496. The molecule has 9 heteroatoms. The van der Waals surface area contributed by atoms with Crippen molar-refractivity contribution in [3.63, 3.8) is 0 Å². The van der Waals surface area contributed by atoms with Crippen molar-refractivity contribution in [1.29, 1.82) is 0 Å². The molecule has 5 nitrogen and oxygen atoms in total. The van der Waals surface area contributed by atoms with E-state index in [1.54, 1.807) is 36.4 Å². The Morgan fingerprint density at radius 2 is 1.64 bits per heavy atom. The third-order valence-corrected chi connectivity index (χ3v) is 5.41. The van der Waals surface area contributed by atoms with Crippen LogP contribution in [0.1, 0.15) is 9.67 Å². The average Bonchev–Trinajstić information content (AvgIpc) is 2.93. The minimum atomic E-state index is -0.606. The number of carbonyl (C=O) groups is 2. The maximum atomic E-state index is 12.3. The van der Waals surface area contributed by atoms with Crippen LogP contribution < -0.4 is 16.2 Å². The fourth-order valence-corrected chi connectivity index (χ4v) is 4.06. The largest absolute Gasteiger partial charge is 0.337 e. The Morgan fingerprint density at radius 3 is 2.32 bits per heavy atom. The zero-order valence-corrected chi connectivity index (χ0v) is 15.5. The fourth-order valence-electron chi connectivity index (χ4n) is 2.08. The molecule has 1 aromatic heterocycles. The first kappa shape index (κ1) is 17.8. The van der Waals surface area contributed by atoms with Crippen LogP contribution in [0.3, 0.4) is 0 Å². The number of hydrazine groups is 1. The Labute approximate surface area is 161 Å². The lowest BCUT2D eigenvalue weighted by Gasteiger charge is -2.08. The predicted octanol–water partition coefficient (Wildman–Crippen LogP) is 5.33. The van der Waals surface area contributed by atoms with Crippen LogP contribution in [0, 0.1) is 0 Å². The van der Waals surface area contributed by atoms with Gasteiger partial charge in [0.05, 0.1) is 10.0 Å². The summed E-state index contributed by atoms with van der Waals surface area (Å²) in [7, 11) is 0. The number of nitrogens with one attached hydrogen (secondary N) is 3. The van der Waals surface area contributed by atoms with Gasteiger partial charge in [0, 0.05) is 20.8 Å². The summed E-state index contributed by atoms with van der Waals surface area (Å²) in [4.78, 5) is 24.3. The van der Waals surface area contributed by atoms with Gasteiger partial charge in [0.25, 0.3) is 5.91 Å². The van der Waals surface area contributed by atoms with Gasteiger partial charge in [-0.25, -0.2) is 10.2 Å². The second kappa shape index (κ2) is 7.49. The number of anilines is 1. The lowest BCUT2D eigenvalue weighted by atomic mass is 10.2. The highest BCUT2D eigenvalue weighted by Crippen LogP contribution is 2.39. The van der Waals surface area contributed by atoms with Gasteiger partial charge in [-0.3, -0.25) is 10.2 Å². The van der Waals surface area contributed by atoms with E-state index in [0.717, 1.165) is 4.70 Å². The third-order valence-electron chi connectivity index (χ3n) is 3.20. The van der Waals surface area contributed by atoms with Crippen molar-refractivity contribution in [3.8, 4) is 0 Å². The van der Waals surface area contributed by atoms with Gasteiger partial charge in [-0.2, -0.15) is 0 Å². The summed E-state index contributed by atoms with van der Waals surface area (Å²) in [5.74, 6) is -0.534. The van der Waals surface area contributed by atoms with Crippen LogP contribution in [-0.2, 0) is 0 Å². The summed E-state index contributed by atoms with van der Waals surface area (Å²) in [6.45, 7) is 0. The summed E-state index contributed by atoms with van der Waals surface area (Å²) in [6, 6.07) is 11.2. The van der Waals surface area contributed by atoms with E-state index in [9.17, 15) is 9.59 Å². The van der Waals surface area contributed by atoms with Crippen molar-refractivity contribution in [2.75, 3.05) is 5.32 Å². The van der Waals surface area contributed by atoms with Gasteiger partial charge >= 0.3 is 6.03 Å². The second-order valence-corrected chi connectivity index (χ2v) is 7.17. The fraction of sp³-hybridized carbons (Fsp3) is 0. The molecular weight excluding hydrogens is 405 g/mol. The van der Waals surface area contributed by atoms with Gasteiger partial charge in [-0.1, -0.05) is 40.9 Å². The predicted molar refractivity (Wildman–Crippen MR) is 103 cm³/mol. The van der Waals surface area contributed by atoms with Gasteiger partial charge in [0.15, 0.2) is 0 Å². The van der Waals surface area contributed by atoms with Crippen molar-refractivity contribution in [1.82, 2.24) is 10.9 Å². The zero-order chi connectivity index (χ0) is 18.0. The maximum absolute atomic E-state index is 12.3. The van der Waals surface area contributed by atoms with Gasteiger partial charge in [0.1, 0.15) is 4.88 Å². The molecule has 2 aromatic carbocycles. The Kier molecular flexibility index (Phi) is 5.34. The Bertz CT molecular complexity index is 957. The molecule has 0 saturated heterocycles. The van der Waals surface area contributed by atoms with Crippen LogP contribution in [0.15, 0.2) is 42.5 Å². The summed E-state index contributed by atoms with van der Waals surface area (Å²) < 4.78 is 0.785. The molecule has 0 saturated carbocycles. The highest BCUT2D eigenvalue weighted by Gasteiger charge is 2.19. The van der Waals surface area contributed by atoms with Gasteiger partial charge in [0.2, 0.25) is 0 Å². The number of carbonyl (C=O) groups excluding carboxylic acids is 2. The normalized spacial score (nSPS) is 10.5. The molecule has 0 bridgehead atoms. The van der Waals surface area contributed by atoms with Gasteiger partial charge < -0.3 is 5.32 Å². The van der Waals surface area contributed by atoms with Crippen LogP contribution >= 0.6 is 46.1 Å². The molecule has 0 unspecified atom stereocenters. The van der Waals surface area contributed by atoms with Crippen LogP contribution in [-0.4, -0.2) is 11.9 Å². The molecule has 3 amide bonds. The number of rotatable bonds is 2. The molecule has 3 N–H and O–H groups in total. The molecule has 128 valence electrons. The summed E-state index contributed by atoms with van der Waals surface area (Å²) in [6.07, 6.45) is 0. The highest BCUT2D eigenvalue weighted by molar-refractivity contribution is 7.21. The van der Waals surface area contributed by atoms with Crippen LogP contribution in [0.5, 0.6) is 0 Å². The lowest BCUT2D eigenvalue weighted by molar-refractivity contribution is 0.0942. The van der Waals surface area contributed by atoms with Crippen LogP contribution in [0.4, 0.5) is 10.5 Å². The Hall–Kier alpha value is -1.99. The lowest BCUT2D eigenvalue weighted by Crippen LogP contribution is -2.43. The SMILES string of the molecule is O=C(NNC(=O)c1sc2cccc(Cl)c2c1Cl)Nc1ccc(Cl)cc1. The van der Waals surface area contributed by atoms with E-state index in [0.29, 0.717) is 21.1 Å². The van der Waals surface area contributed by atoms with E-state index in [1.807, 2.05) is 6.07 Å². The molecule has 0 atom stereocenters. The molecule has 0 spiro atoms. The summed E-state index contributed by atoms with van der Waals surface area (Å²) in [5, 5.41) is 4.44. The van der Waals surface area contributed by atoms with Crippen molar-refractivity contribution in [2.24, 2.45) is 0 Å². The molecule has 25 heavy (non-hydrogen) atoms. The number of hydrogen-bond acceptors (Lipinski definition) is 3. The van der Waals surface area contributed by atoms with E-state index >= 15 is 0 Å². The standard InChI is InChI=1S/C16H10Cl3N3O2S/c17-8-4-6-9(7-5-8)20-16(24)22-21-15(23)14-13(19)12-10(18)2-1-3-11(12)25-14/h1-7H,(H,21,23)(H2,20,22,24). The van der Waals surface area contributed by atoms with Gasteiger partial charge in [-0.15, -0.1) is 11.3 Å². The average molecular weight is 415 g/mol. The Morgan fingerprint density at radius 1 is 0.920 bits per heavy atom. The summed E-state index contributed by atoms with van der Waals surface area (Å²) in [5.41, 5.74) is 5.10. The summed E-state index contributed by atoms with van der Waals surface area (Å²) >= 11 is 19.3. The third kappa shape index (κ3) is 3.99. The first-order chi connectivity index (χ1) is 12.0. The monoisotopic (exact) mass is 413 g/mol. The smallest absolute Gasteiger partial charge is 0.307 e. The van der Waals surface area contributed by atoms with E-state index in [-0.39, 0.29) is 9.90 Å². The minimum Gasteiger partial charge on any atom is -0.307 e. The van der Waals surface area contributed by atoms with Crippen molar-refractivity contribution < 1.29 is 9.59 Å². The minimum absolute atomic E-state index is 0.253. The maximum Gasteiger partial charge on any atom is 0.337 e. The molecule has 3 aromatic rings. The van der Waals surface area contributed by atoms with E-state index in [4.69, 9.17) is 34.8 Å². The molecule has 0 radical (unpaired) electrons. The van der Waals surface area contributed by atoms with E-state index < -0.39 is 11.9 Å². The molecule has 0 aliphatic carbocycles. The zero-order valence-electron chi connectivity index (χ0n) is 12.4. The van der Waals surface area contributed by atoms with Crippen molar-refractivity contribution >= 4 is 73.9 Å². The number of fused-ring (bicyclic) bond motifs is 1. The van der Waals surface area contributed by atoms with Crippen LogP contribution in [0.2, 0.25) is 15.1 Å². The molecule has 1 heterocycles. The van der Waals surface area contributed by atoms with Crippen molar-refractivity contribution in [3.05, 3.63) is 62.4 Å². The number of benzene rings is 2. The molecule has 0 aliphatic heterocycles. The number of thiophene rings is 1. The van der Waals surface area contributed by atoms with Crippen LogP contribution in [0.25, 0.3) is 10.1 Å². The topological polar surface area (TPSA) is 70.2 Å². The highest BCUT2D eigenvalue weighted by atomic mass is 35.5.